The first kappa shape index (κ1) is 23.9. The topological polar surface area (TPSA) is 17.6 Å². The maximum Gasteiger partial charge on any atom is 0.243 e. The Morgan fingerprint density at radius 3 is 1.21 bits per heavy atom. The highest BCUT2D eigenvalue weighted by atomic mass is 127. The van der Waals surface area contributed by atoms with E-state index < -0.39 is 0 Å². The van der Waals surface area contributed by atoms with Crippen molar-refractivity contribution in [1.82, 2.24) is 9.13 Å². The van der Waals surface area contributed by atoms with Gasteiger partial charge in [0.1, 0.15) is 24.8 Å². The molecule has 0 bridgehead atoms. The van der Waals surface area contributed by atoms with Crippen LogP contribution in [0.3, 0.4) is 0 Å². The van der Waals surface area contributed by atoms with Gasteiger partial charge in [-0.2, -0.15) is 0 Å². The summed E-state index contributed by atoms with van der Waals surface area (Å²) in [6, 6.07) is 0. The Morgan fingerprint density at radius 2 is 0.917 bits per heavy atom. The zero-order valence-corrected chi connectivity index (χ0v) is 19.4. The van der Waals surface area contributed by atoms with Crippen LogP contribution in [0.25, 0.3) is 0 Å². The average Bonchev–Trinajstić information content (AvgIpc) is 3.09. The van der Waals surface area contributed by atoms with Gasteiger partial charge in [0.25, 0.3) is 0 Å². The molecule has 6 heteroatoms. The van der Waals surface area contributed by atoms with Crippen LogP contribution in [0.2, 0.25) is 0 Å². The Morgan fingerprint density at radius 1 is 0.583 bits per heavy atom. The van der Waals surface area contributed by atoms with Gasteiger partial charge in [0.05, 0.1) is 27.2 Å². The van der Waals surface area contributed by atoms with Crippen LogP contribution in [0.5, 0.6) is 0 Å². The molecule has 2 heterocycles. The number of hydrogen-bond acceptors (Lipinski definition) is 0. The largest absolute Gasteiger partial charge is 1.00 e. The molecule has 0 saturated carbocycles. The Balaban J connectivity index is 0.00000264. The van der Waals surface area contributed by atoms with Crippen molar-refractivity contribution in [3.05, 3.63) is 37.4 Å². The molecule has 0 aliphatic heterocycles. The van der Waals surface area contributed by atoms with Crippen molar-refractivity contribution in [2.45, 2.75) is 64.5 Å². The first-order chi connectivity index (χ1) is 10.7. The van der Waals surface area contributed by atoms with E-state index in [1.54, 1.807) is 0 Å². The van der Waals surface area contributed by atoms with E-state index in [1.807, 2.05) is 0 Å². The Labute approximate surface area is 181 Å². The Hall–Kier alpha value is -0.120. The van der Waals surface area contributed by atoms with Crippen LogP contribution in [0, 0.1) is 0 Å². The number of aromatic nitrogens is 4. The van der Waals surface area contributed by atoms with E-state index in [4.69, 9.17) is 0 Å². The van der Waals surface area contributed by atoms with E-state index in [2.05, 4.69) is 69.8 Å². The van der Waals surface area contributed by atoms with Gasteiger partial charge in [-0.25, -0.2) is 18.3 Å². The molecule has 0 aliphatic carbocycles. The summed E-state index contributed by atoms with van der Waals surface area (Å²) >= 11 is 0. The molecule has 0 fully saturated rings. The van der Waals surface area contributed by atoms with Crippen molar-refractivity contribution in [3.63, 3.8) is 0 Å². The fourth-order valence-corrected chi connectivity index (χ4v) is 2.92. The quantitative estimate of drug-likeness (QED) is 0.157. The minimum absolute atomic E-state index is 0. The lowest BCUT2D eigenvalue weighted by molar-refractivity contribution is -0.671. The summed E-state index contributed by atoms with van der Waals surface area (Å²) in [5.41, 5.74) is 0. The summed E-state index contributed by atoms with van der Waals surface area (Å²) in [6.07, 6.45) is 23.8. The van der Waals surface area contributed by atoms with Gasteiger partial charge in [-0.1, -0.05) is 25.7 Å². The second-order valence-electron chi connectivity index (χ2n) is 6.46. The molecule has 2 rings (SSSR count). The summed E-state index contributed by atoms with van der Waals surface area (Å²) in [6.45, 7) is 2.32. The van der Waals surface area contributed by atoms with Crippen LogP contribution >= 0.6 is 0 Å². The summed E-state index contributed by atoms with van der Waals surface area (Å²) in [5.74, 6) is 0. The molecule has 0 spiro atoms. The smallest absolute Gasteiger partial charge is 0.243 e. The zero-order chi connectivity index (χ0) is 15.6. The summed E-state index contributed by atoms with van der Waals surface area (Å²) in [7, 11) is 4.15. The molecule has 138 valence electrons. The van der Waals surface area contributed by atoms with Crippen LogP contribution in [0.1, 0.15) is 51.4 Å². The molecule has 0 unspecified atom stereocenters. The summed E-state index contributed by atoms with van der Waals surface area (Å²) in [5, 5.41) is 0. The minimum atomic E-state index is 0. The molecule has 0 atom stereocenters. The highest BCUT2D eigenvalue weighted by molar-refractivity contribution is 4.66. The van der Waals surface area contributed by atoms with Crippen molar-refractivity contribution in [1.29, 1.82) is 0 Å². The lowest BCUT2D eigenvalue weighted by Crippen LogP contribution is -3.00. The number of nitrogens with zero attached hydrogens (tertiary/aromatic N) is 4. The fraction of sp³-hybridized carbons (Fsp3) is 0.667. The van der Waals surface area contributed by atoms with Crippen LogP contribution in [-0.2, 0) is 27.2 Å². The molecule has 0 saturated heterocycles. The van der Waals surface area contributed by atoms with E-state index >= 15 is 0 Å². The average molecular weight is 558 g/mol. The summed E-state index contributed by atoms with van der Waals surface area (Å²) in [4.78, 5) is 0. The van der Waals surface area contributed by atoms with Crippen LogP contribution in [0.4, 0.5) is 0 Å². The van der Waals surface area contributed by atoms with E-state index in [-0.39, 0.29) is 48.0 Å². The zero-order valence-electron chi connectivity index (χ0n) is 15.1. The number of rotatable bonds is 11. The molecule has 0 aromatic carbocycles. The number of hydrogen-bond donors (Lipinski definition) is 0. The van der Waals surface area contributed by atoms with Crippen molar-refractivity contribution >= 4 is 0 Å². The SMILES string of the molecule is C[n+]1ccn(CCCCCCCCCCn2cc[n+](C)c2)c1.[I-].[I-]. The highest BCUT2D eigenvalue weighted by Gasteiger charge is 2.00. The number of aryl methyl sites for hydroxylation is 4. The summed E-state index contributed by atoms with van der Waals surface area (Å²) < 4.78 is 8.77. The molecule has 24 heavy (non-hydrogen) atoms. The molecule has 2 aromatic heterocycles. The van der Waals surface area contributed by atoms with Crippen LogP contribution < -0.4 is 57.1 Å². The second kappa shape index (κ2) is 14.1. The lowest BCUT2D eigenvalue weighted by atomic mass is 10.1. The monoisotopic (exact) mass is 558 g/mol. The van der Waals surface area contributed by atoms with Crippen molar-refractivity contribution in [2.75, 3.05) is 0 Å². The standard InChI is InChI=1S/C18H32N4.2HI/c1-19-13-15-21(17-19)11-9-7-5-3-4-6-8-10-12-22-16-14-20(2)18-22;;/h13-18H,3-12H2,1-2H3;2*1H/q+2;;/p-2. The van der Waals surface area contributed by atoms with Gasteiger partial charge in [0.15, 0.2) is 0 Å². The number of halogens is 2. The molecule has 2 aromatic rings. The third-order valence-electron chi connectivity index (χ3n) is 4.23. The molecular weight excluding hydrogens is 526 g/mol. The first-order valence-electron chi connectivity index (χ1n) is 8.76. The number of unbranched alkanes of at least 4 members (excludes halogenated alkanes) is 7. The molecule has 0 aliphatic rings. The third-order valence-corrected chi connectivity index (χ3v) is 4.23. The predicted molar refractivity (Wildman–Crippen MR) is 88.2 cm³/mol. The van der Waals surface area contributed by atoms with E-state index in [0.29, 0.717) is 0 Å². The maximum absolute atomic E-state index is 2.28. The lowest BCUT2D eigenvalue weighted by Gasteiger charge is -2.01. The maximum atomic E-state index is 2.28. The number of imidazole rings is 2. The van der Waals surface area contributed by atoms with Crippen molar-refractivity contribution in [3.8, 4) is 0 Å². The van der Waals surface area contributed by atoms with Gasteiger partial charge < -0.3 is 48.0 Å². The Bertz CT molecular complexity index is 488. The van der Waals surface area contributed by atoms with Crippen LogP contribution in [-0.4, -0.2) is 9.13 Å². The third kappa shape index (κ3) is 10.0. The van der Waals surface area contributed by atoms with Gasteiger partial charge in [-0.15, -0.1) is 0 Å². The van der Waals surface area contributed by atoms with Crippen LogP contribution in [0.15, 0.2) is 37.4 Å². The first-order valence-corrected chi connectivity index (χ1v) is 8.76. The Kier molecular flexibility index (Phi) is 14.0. The molecule has 4 nitrogen and oxygen atoms in total. The van der Waals surface area contributed by atoms with Gasteiger partial charge >= 0.3 is 0 Å². The van der Waals surface area contributed by atoms with E-state index in [1.165, 1.54) is 51.4 Å². The van der Waals surface area contributed by atoms with Gasteiger partial charge in [-0.3, -0.25) is 0 Å². The van der Waals surface area contributed by atoms with Crippen molar-refractivity contribution < 1.29 is 57.1 Å². The molecule has 0 amide bonds. The molecule has 0 radical (unpaired) electrons. The van der Waals surface area contributed by atoms with Crippen molar-refractivity contribution in [2.24, 2.45) is 14.1 Å². The molecular formula is C18H32I2N4. The van der Waals surface area contributed by atoms with E-state index in [9.17, 15) is 0 Å². The van der Waals surface area contributed by atoms with E-state index in [0.717, 1.165) is 13.1 Å². The highest BCUT2D eigenvalue weighted by Crippen LogP contribution is 2.09. The predicted octanol–water partition coefficient (Wildman–Crippen LogP) is -3.23. The minimum Gasteiger partial charge on any atom is -1.00 e. The fourth-order valence-electron chi connectivity index (χ4n) is 2.92. The van der Waals surface area contributed by atoms with Gasteiger partial charge in [-0.05, 0) is 25.7 Å². The normalized spacial score (nSPS) is 10.2. The van der Waals surface area contributed by atoms with Gasteiger partial charge in [0, 0.05) is 0 Å². The van der Waals surface area contributed by atoms with Gasteiger partial charge in [0.2, 0.25) is 12.7 Å². The second-order valence-corrected chi connectivity index (χ2v) is 6.46. The molecule has 0 N–H and O–H groups in total.